The summed E-state index contributed by atoms with van der Waals surface area (Å²) in [6.45, 7) is 2.24. The molecule has 50 heavy (non-hydrogen) atoms. The maximum Gasteiger partial charge on any atom is 0.408 e. The number of nitrogens with one attached hydrogen (secondary N) is 1. The smallest absolute Gasteiger partial charge is 0.408 e. The van der Waals surface area contributed by atoms with E-state index in [9.17, 15) is 14.4 Å². The average molecular weight is 714 g/mol. The van der Waals surface area contributed by atoms with Crippen molar-refractivity contribution in [3.05, 3.63) is 138 Å². The van der Waals surface area contributed by atoms with E-state index in [-0.39, 0.29) is 24.3 Å². The minimum atomic E-state index is -0.993. The molecule has 10 heteroatoms. The fourth-order valence-corrected chi connectivity index (χ4v) is 7.94. The standard InChI is InChI=1S/C40H47N3O5S2/c1-4-5-27-48-39(46)42-36(43(35(25-28-49-3)38(45)47-2)37(44)33-23-15-16-24-34(33)41)26-29-50-40(30-17-9-6-10-18-30,31-19-11-7-12-20-31)32-21-13-8-14-22-32/h6-24,35-36H,4-5,25-29,41H2,1-3H3,(H,42,46)/t35-,36?/m0/s1. The third-order valence-corrected chi connectivity index (χ3v) is 10.7. The number of nitrogen functional groups attached to an aromatic ring is 1. The van der Waals surface area contributed by atoms with Crippen molar-refractivity contribution in [3.8, 4) is 0 Å². The molecular weight excluding hydrogens is 667 g/mol. The SMILES string of the molecule is CCCCOC(=O)NC(CCSC(c1ccccc1)(c1ccccc1)c1ccccc1)N(C(=O)c1ccccc1N)[C@@H](CCSC)C(=O)OC. The average Bonchev–Trinajstić information content (AvgIpc) is 3.15. The molecular formula is C40H47N3O5S2. The molecule has 0 aliphatic rings. The highest BCUT2D eigenvalue weighted by atomic mass is 32.2. The molecule has 264 valence electrons. The summed E-state index contributed by atoms with van der Waals surface area (Å²) in [5, 5.41) is 2.96. The zero-order chi connectivity index (χ0) is 35.8. The Morgan fingerprint density at radius 1 is 0.800 bits per heavy atom. The first-order valence-corrected chi connectivity index (χ1v) is 19.2. The van der Waals surface area contributed by atoms with Crippen LogP contribution in [0.1, 0.15) is 59.7 Å². The van der Waals surface area contributed by atoms with Gasteiger partial charge in [0.25, 0.3) is 5.91 Å². The van der Waals surface area contributed by atoms with Gasteiger partial charge in [-0.05, 0) is 65.8 Å². The first-order chi connectivity index (χ1) is 24.4. The van der Waals surface area contributed by atoms with Gasteiger partial charge in [0.15, 0.2) is 0 Å². The van der Waals surface area contributed by atoms with E-state index in [0.717, 1.165) is 23.1 Å². The molecule has 0 saturated heterocycles. The van der Waals surface area contributed by atoms with Crippen LogP contribution in [0.3, 0.4) is 0 Å². The van der Waals surface area contributed by atoms with Crippen molar-refractivity contribution in [2.45, 2.75) is 49.6 Å². The molecule has 0 aliphatic heterocycles. The van der Waals surface area contributed by atoms with Gasteiger partial charge in [-0.1, -0.05) is 116 Å². The number of methoxy groups -OCH3 is 1. The van der Waals surface area contributed by atoms with Crippen LogP contribution < -0.4 is 11.1 Å². The van der Waals surface area contributed by atoms with Gasteiger partial charge in [-0.3, -0.25) is 4.79 Å². The largest absolute Gasteiger partial charge is 0.467 e. The third kappa shape index (κ3) is 9.63. The lowest BCUT2D eigenvalue weighted by molar-refractivity contribution is -0.147. The molecule has 3 N–H and O–H groups in total. The lowest BCUT2D eigenvalue weighted by atomic mass is 9.84. The number of nitrogens with two attached hydrogens (primary N) is 1. The van der Waals surface area contributed by atoms with Crippen LogP contribution in [-0.4, -0.2) is 66.6 Å². The molecule has 8 nitrogen and oxygen atoms in total. The van der Waals surface area contributed by atoms with Gasteiger partial charge < -0.3 is 25.4 Å². The molecule has 0 saturated carbocycles. The molecule has 0 aromatic heterocycles. The number of rotatable bonds is 18. The summed E-state index contributed by atoms with van der Waals surface area (Å²) < 4.78 is 10.2. The minimum absolute atomic E-state index is 0.232. The number of nitrogens with zero attached hydrogens (tertiary/aromatic N) is 1. The highest BCUT2D eigenvalue weighted by Crippen LogP contribution is 2.48. The Labute approximate surface area is 304 Å². The van der Waals surface area contributed by atoms with Crippen LogP contribution in [0.15, 0.2) is 115 Å². The van der Waals surface area contributed by atoms with Gasteiger partial charge in [0, 0.05) is 5.69 Å². The molecule has 2 amide bonds. The number of alkyl carbamates (subject to hydrolysis) is 1. The van der Waals surface area contributed by atoms with Crippen molar-refractivity contribution in [2.75, 3.05) is 37.2 Å². The molecule has 2 atom stereocenters. The van der Waals surface area contributed by atoms with E-state index in [1.54, 1.807) is 47.8 Å². The number of carbonyl (C=O) groups is 3. The number of benzene rings is 4. The number of carbonyl (C=O) groups excluding carboxylic acids is 3. The molecule has 0 spiro atoms. The molecule has 0 aliphatic carbocycles. The van der Waals surface area contributed by atoms with Gasteiger partial charge in [0.2, 0.25) is 0 Å². The predicted octanol–water partition coefficient (Wildman–Crippen LogP) is 7.97. The van der Waals surface area contributed by atoms with E-state index < -0.39 is 34.9 Å². The van der Waals surface area contributed by atoms with Gasteiger partial charge >= 0.3 is 12.1 Å². The summed E-state index contributed by atoms with van der Waals surface area (Å²) in [7, 11) is 1.30. The Hall–Kier alpha value is -4.41. The first kappa shape index (κ1) is 38.4. The van der Waals surface area contributed by atoms with E-state index in [4.69, 9.17) is 15.2 Å². The van der Waals surface area contributed by atoms with Gasteiger partial charge in [-0.15, -0.1) is 11.8 Å². The lowest BCUT2D eigenvalue weighted by Gasteiger charge is -2.39. The van der Waals surface area contributed by atoms with E-state index in [0.29, 0.717) is 24.3 Å². The van der Waals surface area contributed by atoms with Crippen LogP contribution in [0.25, 0.3) is 0 Å². The molecule has 4 rings (SSSR count). The van der Waals surface area contributed by atoms with Crippen molar-refractivity contribution in [3.63, 3.8) is 0 Å². The summed E-state index contributed by atoms with van der Waals surface area (Å²) >= 11 is 3.25. The van der Waals surface area contributed by atoms with Crippen molar-refractivity contribution >= 4 is 47.2 Å². The molecule has 1 unspecified atom stereocenters. The van der Waals surface area contributed by atoms with Crippen LogP contribution in [0.4, 0.5) is 10.5 Å². The van der Waals surface area contributed by atoms with E-state index in [1.165, 1.54) is 12.0 Å². The summed E-state index contributed by atoms with van der Waals surface area (Å²) in [4.78, 5) is 42.8. The highest BCUT2D eigenvalue weighted by Gasteiger charge is 2.40. The highest BCUT2D eigenvalue weighted by molar-refractivity contribution is 8.00. The third-order valence-electron chi connectivity index (χ3n) is 8.43. The predicted molar refractivity (Wildman–Crippen MR) is 205 cm³/mol. The Balaban J connectivity index is 1.81. The lowest BCUT2D eigenvalue weighted by Crippen LogP contribution is -2.58. The molecule has 0 radical (unpaired) electrons. The second-order valence-corrected chi connectivity index (χ2v) is 14.0. The number of amides is 2. The number of hydrogen-bond donors (Lipinski definition) is 2. The zero-order valence-electron chi connectivity index (χ0n) is 29.0. The van der Waals surface area contributed by atoms with Crippen molar-refractivity contribution in [1.29, 1.82) is 0 Å². The molecule has 0 bridgehead atoms. The summed E-state index contributed by atoms with van der Waals surface area (Å²) in [6, 6.07) is 36.7. The van der Waals surface area contributed by atoms with Gasteiger partial charge in [-0.2, -0.15) is 11.8 Å². The maximum absolute atomic E-state index is 14.5. The summed E-state index contributed by atoms with van der Waals surface area (Å²) in [6.07, 6.45) is 2.48. The number of thioether (sulfide) groups is 2. The van der Waals surface area contributed by atoms with Crippen LogP contribution >= 0.6 is 23.5 Å². The molecule has 0 heterocycles. The van der Waals surface area contributed by atoms with Crippen LogP contribution in [0.5, 0.6) is 0 Å². The fourth-order valence-electron chi connectivity index (χ4n) is 5.93. The molecule has 4 aromatic carbocycles. The van der Waals surface area contributed by atoms with Crippen LogP contribution in [-0.2, 0) is 19.0 Å². The monoisotopic (exact) mass is 713 g/mol. The Morgan fingerprint density at radius 2 is 1.34 bits per heavy atom. The molecule has 0 fully saturated rings. The van der Waals surface area contributed by atoms with E-state index in [2.05, 4.69) is 41.7 Å². The molecule has 4 aromatic rings. The maximum atomic E-state index is 14.5. The Morgan fingerprint density at radius 3 is 1.84 bits per heavy atom. The van der Waals surface area contributed by atoms with E-state index >= 15 is 0 Å². The van der Waals surface area contributed by atoms with E-state index in [1.807, 2.05) is 67.8 Å². The Bertz CT molecular complexity index is 1550. The van der Waals surface area contributed by atoms with Gasteiger partial charge in [0.1, 0.15) is 12.2 Å². The number of ether oxygens (including phenoxy) is 2. The number of unbranched alkanes of at least 4 members (excludes halogenated alkanes) is 1. The normalized spacial score (nSPS) is 12.4. The number of esters is 1. The van der Waals surface area contributed by atoms with Crippen molar-refractivity contribution in [2.24, 2.45) is 0 Å². The second kappa shape index (κ2) is 19.7. The van der Waals surface area contributed by atoms with Gasteiger partial charge in [-0.25, -0.2) is 9.59 Å². The Kier molecular flexibility index (Phi) is 15.1. The summed E-state index contributed by atoms with van der Waals surface area (Å²) in [5.74, 6) is -0.00451. The summed E-state index contributed by atoms with van der Waals surface area (Å²) in [5.41, 5.74) is 10.1. The first-order valence-electron chi connectivity index (χ1n) is 16.8. The van der Waals surface area contributed by atoms with Crippen molar-refractivity contribution < 1.29 is 23.9 Å². The second-order valence-electron chi connectivity index (χ2n) is 11.7. The quantitative estimate of drug-likeness (QED) is 0.0351. The topological polar surface area (TPSA) is 111 Å². The zero-order valence-corrected chi connectivity index (χ0v) is 30.6. The van der Waals surface area contributed by atoms with Crippen LogP contribution in [0.2, 0.25) is 0 Å². The minimum Gasteiger partial charge on any atom is -0.467 e. The fraction of sp³-hybridized carbons (Fsp3) is 0.325. The number of hydrogen-bond acceptors (Lipinski definition) is 8. The van der Waals surface area contributed by atoms with Crippen molar-refractivity contribution in [1.82, 2.24) is 10.2 Å². The van der Waals surface area contributed by atoms with Crippen LogP contribution in [0, 0.1) is 0 Å². The van der Waals surface area contributed by atoms with Gasteiger partial charge in [0.05, 0.1) is 24.0 Å². The number of para-hydroxylation sites is 1. The number of anilines is 1.